The molecule has 0 aromatic carbocycles. The average molecular weight is 266 g/mol. The first kappa shape index (κ1) is 15.6. The Balaban J connectivity index is 0.00000121. The molecule has 2 heteroatoms. The number of fused-ring (bicyclic) bond motifs is 5. The van der Waals surface area contributed by atoms with E-state index in [-0.39, 0.29) is 25.6 Å². The maximum absolute atomic E-state index is 2.64. The predicted octanol–water partition coefficient (Wildman–Crippen LogP) is 2.40. The van der Waals surface area contributed by atoms with Gasteiger partial charge in [0.25, 0.3) is 0 Å². The fourth-order valence-corrected chi connectivity index (χ4v) is 7.83. The van der Waals surface area contributed by atoms with Gasteiger partial charge in [-0.25, -0.2) is 0 Å². The van der Waals surface area contributed by atoms with Crippen LogP contribution in [0.3, 0.4) is 0 Å². The summed E-state index contributed by atoms with van der Waals surface area (Å²) in [6.07, 6.45) is 12.8. The van der Waals surface area contributed by atoms with Gasteiger partial charge in [-0.2, -0.15) is 17.5 Å². The van der Waals surface area contributed by atoms with Crippen molar-refractivity contribution in [3.63, 3.8) is 0 Å². The van der Waals surface area contributed by atoms with E-state index in [9.17, 15) is 0 Å². The first-order valence-corrected chi connectivity index (χ1v) is 9.31. The molecule has 20 heavy (non-hydrogen) atoms. The van der Waals surface area contributed by atoms with Gasteiger partial charge in [-0.1, -0.05) is 71.6 Å². The van der Waals surface area contributed by atoms with E-state index in [0.717, 1.165) is 17.8 Å². The van der Waals surface area contributed by atoms with E-state index in [1.165, 1.54) is 17.5 Å². The Bertz CT molecular complexity index is 344. The molecular weight excluding hydrogens is 234 g/mol. The molecule has 0 amide bonds. The van der Waals surface area contributed by atoms with E-state index in [1.54, 1.807) is 51.4 Å². The molecule has 0 aromatic rings. The zero-order valence-electron chi connectivity index (χ0n) is 14.3. The molecular formula is C18H32BLi. The summed E-state index contributed by atoms with van der Waals surface area (Å²) in [5.41, 5.74) is 0.694. The van der Waals surface area contributed by atoms with Gasteiger partial charge >= 0.3 is 18.9 Å². The van der Waals surface area contributed by atoms with E-state index in [0.29, 0.717) is 5.41 Å². The minimum atomic E-state index is 0. The van der Waals surface area contributed by atoms with Gasteiger partial charge in [0.05, 0.1) is 0 Å². The van der Waals surface area contributed by atoms with Gasteiger partial charge < -0.3 is 0 Å². The Morgan fingerprint density at radius 2 is 1.45 bits per heavy atom. The van der Waals surface area contributed by atoms with Gasteiger partial charge in [-0.15, -0.1) is 0 Å². The standard InChI is InChI=1S/C18H32B.Li/c1-12-16-10-13(18(16,2)3)11-17(12)19-14-6-4-7-15(19)9-5-8-14;/h12-17,19H,4-11H2,1-3H3;/q-1;+1/t12-,13?,14?,15?,16?,17-,19?;/m1./s1. The fraction of sp³-hybridized carbons (Fsp3) is 1.00. The number of hydrogen-bond acceptors (Lipinski definition) is 0. The number of rotatable bonds is 1. The van der Waals surface area contributed by atoms with Gasteiger partial charge in [-0.05, 0) is 30.4 Å². The topological polar surface area (TPSA) is 0 Å². The fourth-order valence-electron chi connectivity index (χ4n) is 7.83. The molecule has 2 heterocycles. The van der Waals surface area contributed by atoms with Gasteiger partial charge in [0.1, 0.15) is 0 Å². The van der Waals surface area contributed by atoms with Gasteiger partial charge in [0.2, 0.25) is 0 Å². The second-order valence-electron chi connectivity index (χ2n) is 9.52. The van der Waals surface area contributed by atoms with Crippen molar-refractivity contribution in [3.05, 3.63) is 0 Å². The van der Waals surface area contributed by atoms with Crippen LogP contribution in [0.5, 0.6) is 0 Å². The summed E-state index contributed by atoms with van der Waals surface area (Å²) >= 11 is 0. The summed E-state index contributed by atoms with van der Waals surface area (Å²) in [4.78, 5) is 0. The molecule has 0 aromatic heterocycles. The molecule has 4 atom stereocenters. The minimum Gasteiger partial charge on any atom is -0.169 e. The Kier molecular flexibility index (Phi) is 4.19. The Labute approximate surface area is 138 Å². The Morgan fingerprint density at radius 3 is 1.90 bits per heavy atom. The summed E-state index contributed by atoms with van der Waals surface area (Å²) in [6, 6.07) is 0. The Hall–Kier alpha value is 0.662. The average Bonchev–Trinajstić information content (AvgIpc) is 2.37. The molecule has 3 saturated carbocycles. The third kappa shape index (κ3) is 2.10. The number of hydrogen-bond donors (Lipinski definition) is 0. The molecule has 0 radical (unpaired) electrons. The smallest absolute Gasteiger partial charge is 0.169 e. The molecule has 4 bridgehead atoms. The molecule has 2 saturated heterocycles. The maximum atomic E-state index is 2.64. The molecule has 2 aliphatic heterocycles. The van der Waals surface area contributed by atoms with Crippen LogP contribution in [-0.4, -0.2) is 6.71 Å². The normalized spacial score (nSPS) is 52.6. The van der Waals surface area contributed by atoms with Crippen molar-refractivity contribution in [2.24, 2.45) is 23.2 Å². The van der Waals surface area contributed by atoms with Crippen molar-refractivity contribution in [3.8, 4) is 0 Å². The first-order valence-electron chi connectivity index (χ1n) is 9.31. The van der Waals surface area contributed by atoms with Crippen LogP contribution in [0.15, 0.2) is 0 Å². The third-order valence-electron chi connectivity index (χ3n) is 8.90. The zero-order chi connectivity index (χ0) is 13.2. The van der Waals surface area contributed by atoms with Crippen molar-refractivity contribution < 1.29 is 18.9 Å². The van der Waals surface area contributed by atoms with Crippen molar-refractivity contribution in [2.75, 3.05) is 0 Å². The Morgan fingerprint density at radius 1 is 0.900 bits per heavy atom. The van der Waals surface area contributed by atoms with Crippen LogP contribution in [0.2, 0.25) is 17.5 Å². The zero-order valence-corrected chi connectivity index (χ0v) is 14.3. The summed E-state index contributed by atoms with van der Waals surface area (Å²) in [5.74, 6) is 6.83. The van der Waals surface area contributed by atoms with Crippen LogP contribution in [0.4, 0.5) is 0 Å². The van der Waals surface area contributed by atoms with E-state index in [4.69, 9.17) is 0 Å². The van der Waals surface area contributed by atoms with Crippen molar-refractivity contribution in [1.82, 2.24) is 0 Å². The van der Waals surface area contributed by atoms with Crippen LogP contribution >= 0.6 is 0 Å². The third-order valence-corrected chi connectivity index (χ3v) is 8.90. The molecule has 5 aliphatic rings. The molecule has 5 rings (SSSR count). The van der Waals surface area contributed by atoms with E-state index in [2.05, 4.69) is 20.8 Å². The van der Waals surface area contributed by atoms with E-state index >= 15 is 0 Å². The SMILES string of the molecule is C[C@@H]1C2CC(C[C@H]1[BH-]1C3CCCC1CCC3)C2(C)C.[Li+]. The molecule has 5 fully saturated rings. The van der Waals surface area contributed by atoms with Gasteiger partial charge in [-0.3, -0.25) is 0 Å². The summed E-state index contributed by atoms with van der Waals surface area (Å²) in [6.45, 7) is 7.96. The van der Waals surface area contributed by atoms with Crippen LogP contribution < -0.4 is 18.9 Å². The predicted molar refractivity (Wildman–Crippen MR) is 85.3 cm³/mol. The van der Waals surface area contributed by atoms with E-state index < -0.39 is 0 Å². The van der Waals surface area contributed by atoms with Crippen molar-refractivity contribution >= 4 is 6.71 Å². The van der Waals surface area contributed by atoms with Crippen molar-refractivity contribution in [2.45, 2.75) is 89.6 Å². The van der Waals surface area contributed by atoms with E-state index in [1.807, 2.05) is 0 Å². The molecule has 2 unspecified atom stereocenters. The molecule has 108 valence electrons. The second-order valence-corrected chi connectivity index (χ2v) is 9.52. The summed E-state index contributed by atoms with van der Waals surface area (Å²) in [7, 11) is 0. The largest absolute Gasteiger partial charge is 1.00 e. The molecule has 3 aliphatic carbocycles. The second kappa shape index (κ2) is 5.38. The minimum absolute atomic E-state index is 0. The monoisotopic (exact) mass is 266 g/mol. The maximum Gasteiger partial charge on any atom is 1.00 e. The summed E-state index contributed by atoms with van der Waals surface area (Å²) < 4.78 is 0. The van der Waals surface area contributed by atoms with Crippen molar-refractivity contribution in [1.29, 1.82) is 0 Å². The van der Waals surface area contributed by atoms with Crippen LogP contribution in [0.25, 0.3) is 0 Å². The molecule has 0 nitrogen and oxygen atoms in total. The van der Waals surface area contributed by atoms with Gasteiger partial charge in [0, 0.05) is 0 Å². The molecule has 0 spiro atoms. The van der Waals surface area contributed by atoms with Crippen LogP contribution in [0.1, 0.15) is 72.1 Å². The van der Waals surface area contributed by atoms with Crippen LogP contribution in [0, 0.1) is 23.2 Å². The van der Waals surface area contributed by atoms with Crippen LogP contribution in [-0.2, 0) is 0 Å². The first-order chi connectivity index (χ1) is 9.09. The van der Waals surface area contributed by atoms with Gasteiger partial charge in [0.15, 0.2) is 0 Å². The molecule has 0 N–H and O–H groups in total. The quantitative estimate of drug-likeness (QED) is 0.639. The summed E-state index contributed by atoms with van der Waals surface area (Å²) in [5, 5.41) is 0.